The number of carbonyl (C=O) groups excluding carboxylic acids is 2. The van der Waals surface area contributed by atoms with Gasteiger partial charge in [0.05, 0.1) is 20.3 Å². The summed E-state index contributed by atoms with van der Waals surface area (Å²) in [6.45, 7) is 4.86. The summed E-state index contributed by atoms with van der Waals surface area (Å²) in [7, 11) is 1.59. The minimum atomic E-state index is -0.633. The number of methoxy groups -OCH3 is 1. The molecule has 0 unspecified atom stereocenters. The van der Waals surface area contributed by atoms with Gasteiger partial charge in [-0.25, -0.2) is 9.59 Å². The van der Waals surface area contributed by atoms with E-state index in [0.29, 0.717) is 24.5 Å². The summed E-state index contributed by atoms with van der Waals surface area (Å²) in [5.74, 6) is -0.563. The molecule has 0 aliphatic carbocycles. The highest BCUT2D eigenvalue weighted by atomic mass is 16.6. The van der Waals surface area contributed by atoms with E-state index in [2.05, 4.69) is 13.8 Å². The van der Waals surface area contributed by atoms with Crippen LogP contribution in [0.15, 0.2) is 29.8 Å². The SMILES string of the molecule is CCCCCCOC(=O)C(=Cc1ccc(OC)cc1)C(=O)OCCCCCC. The second-order valence-corrected chi connectivity index (χ2v) is 6.72. The van der Waals surface area contributed by atoms with Crippen LogP contribution in [0.3, 0.4) is 0 Å². The molecule has 0 spiro atoms. The molecule has 28 heavy (non-hydrogen) atoms. The first-order chi connectivity index (χ1) is 13.6. The Hall–Kier alpha value is -2.30. The maximum atomic E-state index is 12.5. The molecule has 0 radical (unpaired) electrons. The Balaban J connectivity index is 2.75. The lowest BCUT2D eigenvalue weighted by Gasteiger charge is -2.09. The normalized spacial score (nSPS) is 10.2. The molecular formula is C23H34O5. The van der Waals surface area contributed by atoms with E-state index >= 15 is 0 Å². The molecule has 156 valence electrons. The van der Waals surface area contributed by atoms with Crippen molar-refractivity contribution < 1.29 is 23.8 Å². The van der Waals surface area contributed by atoms with Crippen molar-refractivity contribution in [3.63, 3.8) is 0 Å². The fourth-order valence-corrected chi connectivity index (χ4v) is 2.61. The molecule has 0 fully saturated rings. The minimum Gasteiger partial charge on any atom is -0.497 e. The number of benzene rings is 1. The van der Waals surface area contributed by atoms with Crippen LogP contribution in [0.1, 0.15) is 70.8 Å². The number of hydrogen-bond donors (Lipinski definition) is 0. The third kappa shape index (κ3) is 9.58. The molecule has 5 heteroatoms. The molecule has 0 amide bonds. The van der Waals surface area contributed by atoms with Gasteiger partial charge in [-0.2, -0.15) is 0 Å². The number of carbonyl (C=O) groups is 2. The summed E-state index contributed by atoms with van der Waals surface area (Å²) >= 11 is 0. The third-order valence-electron chi connectivity index (χ3n) is 4.33. The maximum absolute atomic E-state index is 12.5. The van der Waals surface area contributed by atoms with E-state index in [4.69, 9.17) is 14.2 Å². The van der Waals surface area contributed by atoms with Crippen LogP contribution in [-0.4, -0.2) is 32.3 Å². The molecule has 0 saturated heterocycles. The molecule has 0 atom stereocenters. The highest BCUT2D eigenvalue weighted by Crippen LogP contribution is 2.16. The van der Waals surface area contributed by atoms with Crippen LogP contribution in [0.2, 0.25) is 0 Å². The van der Waals surface area contributed by atoms with E-state index in [1.165, 1.54) is 6.08 Å². The zero-order valence-electron chi connectivity index (χ0n) is 17.5. The monoisotopic (exact) mass is 390 g/mol. The first-order valence-electron chi connectivity index (χ1n) is 10.3. The van der Waals surface area contributed by atoms with Crippen LogP contribution in [0, 0.1) is 0 Å². The van der Waals surface area contributed by atoms with Crippen molar-refractivity contribution >= 4 is 18.0 Å². The zero-order valence-corrected chi connectivity index (χ0v) is 17.5. The fraction of sp³-hybridized carbons (Fsp3) is 0.565. The van der Waals surface area contributed by atoms with Crippen LogP contribution >= 0.6 is 0 Å². The number of unbranched alkanes of at least 4 members (excludes halogenated alkanes) is 6. The molecule has 1 aromatic carbocycles. The second kappa shape index (κ2) is 14.7. The first-order valence-corrected chi connectivity index (χ1v) is 10.3. The Bertz CT molecular complexity index is 576. The maximum Gasteiger partial charge on any atom is 0.345 e. The van der Waals surface area contributed by atoms with E-state index in [1.807, 2.05) is 0 Å². The van der Waals surface area contributed by atoms with Crippen LogP contribution in [0.4, 0.5) is 0 Å². The summed E-state index contributed by atoms with van der Waals surface area (Å²) in [4.78, 5) is 24.9. The lowest BCUT2D eigenvalue weighted by Crippen LogP contribution is -2.19. The standard InChI is InChI=1S/C23H34O5/c1-4-6-8-10-16-27-22(24)21(23(25)28-17-11-9-7-5-2)18-19-12-14-20(26-3)15-13-19/h12-15,18H,4-11,16-17H2,1-3H3. The molecule has 0 aliphatic rings. The van der Waals surface area contributed by atoms with Crippen LogP contribution < -0.4 is 4.74 Å². The second-order valence-electron chi connectivity index (χ2n) is 6.72. The van der Waals surface area contributed by atoms with E-state index in [9.17, 15) is 9.59 Å². The van der Waals surface area contributed by atoms with Crippen molar-refractivity contribution in [2.45, 2.75) is 65.2 Å². The molecule has 0 N–H and O–H groups in total. The van der Waals surface area contributed by atoms with Gasteiger partial charge >= 0.3 is 11.9 Å². The van der Waals surface area contributed by atoms with Crippen LogP contribution in [-0.2, 0) is 19.1 Å². The van der Waals surface area contributed by atoms with Crippen molar-refractivity contribution in [2.24, 2.45) is 0 Å². The molecule has 0 bridgehead atoms. The van der Waals surface area contributed by atoms with Crippen LogP contribution in [0.25, 0.3) is 6.08 Å². The summed E-state index contributed by atoms with van der Waals surface area (Å²) in [5, 5.41) is 0. The highest BCUT2D eigenvalue weighted by Gasteiger charge is 2.21. The van der Waals surface area contributed by atoms with Crippen molar-refractivity contribution in [2.75, 3.05) is 20.3 Å². The van der Waals surface area contributed by atoms with E-state index in [0.717, 1.165) is 51.4 Å². The van der Waals surface area contributed by atoms with Gasteiger partial charge in [-0.3, -0.25) is 0 Å². The van der Waals surface area contributed by atoms with Gasteiger partial charge in [-0.1, -0.05) is 64.5 Å². The largest absolute Gasteiger partial charge is 0.497 e. The van der Waals surface area contributed by atoms with E-state index < -0.39 is 11.9 Å². The molecule has 0 aliphatic heterocycles. The Morgan fingerprint density at radius 3 is 1.71 bits per heavy atom. The van der Waals surface area contributed by atoms with Crippen molar-refractivity contribution in [1.29, 1.82) is 0 Å². The number of hydrogen-bond acceptors (Lipinski definition) is 5. The molecule has 0 heterocycles. The third-order valence-corrected chi connectivity index (χ3v) is 4.33. The molecule has 0 saturated carbocycles. The van der Waals surface area contributed by atoms with Gasteiger partial charge in [0.1, 0.15) is 11.3 Å². The summed E-state index contributed by atoms with van der Waals surface area (Å²) < 4.78 is 15.7. The number of esters is 2. The summed E-state index contributed by atoms with van der Waals surface area (Å²) in [5.41, 5.74) is 0.637. The van der Waals surface area contributed by atoms with Gasteiger partial charge in [0, 0.05) is 0 Å². The van der Waals surface area contributed by atoms with Crippen molar-refractivity contribution in [3.8, 4) is 5.75 Å². The molecule has 0 aromatic heterocycles. The quantitative estimate of drug-likeness (QED) is 0.141. The van der Waals surface area contributed by atoms with Gasteiger partial charge in [0.15, 0.2) is 0 Å². The lowest BCUT2D eigenvalue weighted by molar-refractivity contribution is -0.147. The van der Waals surface area contributed by atoms with Gasteiger partial charge < -0.3 is 14.2 Å². The Kier molecular flexibility index (Phi) is 12.5. The van der Waals surface area contributed by atoms with E-state index in [1.54, 1.807) is 31.4 Å². The zero-order chi connectivity index (χ0) is 20.6. The van der Waals surface area contributed by atoms with Crippen molar-refractivity contribution in [3.05, 3.63) is 35.4 Å². The number of rotatable bonds is 14. The lowest BCUT2D eigenvalue weighted by atomic mass is 10.1. The topological polar surface area (TPSA) is 61.8 Å². The Morgan fingerprint density at radius 1 is 0.786 bits per heavy atom. The van der Waals surface area contributed by atoms with Crippen molar-refractivity contribution in [1.82, 2.24) is 0 Å². The molecule has 1 rings (SSSR count). The molecular weight excluding hydrogens is 356 g/mol. The summed E-state index contributed by atoms with van der Waals surface area (Å²) in [6, 6.07) is 7.11. The Morgan fingerprint density at radius 2 is 1.29 bits per heavy atom. The van der Waals surface area contributed by atoms with Gasteiger partial charge in [0.25, 0.3) is 0 Å². The minimum absolute atomic E-state index is 0.0730. The average Bonchev–Trinajstić information content (AvgIpc) is 2.71. The highest BCUT2D eigenvalue weighted by molar-refractivity contribution is 6.17. The van der Waals surface area contributed by atoms with Gasteiger partial charge in [-0.15, -0.1) is 0 Å². The predicted molar refractivity (Wildman–Crippen MR) is 111 cm³/mol. The summed E-state index contributed by atoms with van der Waals surface area (Å²) in [6.07, 6.45) is 9.54. The number of ether oxygens (including phenoxy) is 3. The predicted octanol–water partition coefficient (Wildman–Crippen LogP) is 5.33. The van der Waals surface area contributed by atoms with E-state index in [-0.39, 0.29) is 5.57 Å². The molecule has 1 aromatic rings. The fourth-order valence-electron chi connectivity index (χ4n) is 2.61. The van der Waals surface area contributed by atoms with Gasteiger partial charge in [-0.05, 0) is 36.6 Å². The first kappa shape index (κ1) is 23.7. The molecule has 5 nitrogen and oxygen atoms in total. The van der Waals surface area contributed by atoms with Gasteiger partial charge in [0.2, 0.25) is 0 Å². The average molecular weight is 391 g/mol. The van der Waals surface area contributed by atoms with Crippen LogP contribution in [0.5, 0.6) is 5.75 Å². The Labute approximate surface area is 169 Å². The smallest absolute Gasteiger partial charge is 0.345 e.